The molecule has 0 aliphatic carbocycles. The van der Waals surface area contributed by atoms with Crippen molar-refractivity contribution < 1.29 is 28.9 Å². The first-order valence-electron chi connectivity index (χ1n) is 11.1. The fourth-order valence-electron chi connectivity index (χ4n) is 4.31. The van der Waals surface area contributed by atoms with Crippen molar-refractivity contribution in [3.8, 4) is 17.2 Å². The Morgan fingerprint density at radius 2 is 1.69 bits per heavy atom. The maximum Gasteiger partial charge on any atom is 0.295 e. The van der Waals surface area contributed by atoms with E-state index in [1.807, 2.05) is 16.8 Å². The molecular formula is C26H27N3O6. The molecule has 1 saturated heterocycles. The molecule has 1 aliphatic heterocycles. The van der Waals surface area contributed by atoms with Gasteiger partial charge >= 0.3 is 0 Å². The van der Waals surface area contributed by atoms with Gasteiger partial charge in [0.25, 0.3) is 11.7 Å². The second kappa shape index (κ2) is 10.3. The van der Waals surface area contributed by atoms with Gasteiger partial charge in [0.05, 0.1) is 39.3 Å². The van der Waals surface area contributed by atoms with Crippen LogP contribution in [0.1, 0.15) is 23.6 Å². The van der Waals surface area contributed by atoms with Gasteiger partial charge in [0.2, 0.25) is 5.75 Å². The fraction of sp³-hybridized carbons (Fsp3) is 0.269. The minimum absolute atomic E-state index is 0.0121. The van der Waals surface area contributed by atoms with E-state index < -0.39 is 17.7 Å². The van der Waals surface area contributed by atoms with Crippen LogP contribution in [-0.2, 0) is 16.1 Å². The molecule has 0 saturated carbocycles. The lowest BCUT2D eigenvalue weighted by Crippen LogP contribution is -2.31. The van der Waals surface area contributed by atoms with Crippen LogP contribution in [-0.4, -0.2) is 59.1 Å². The highest BCUT2D eigenvalue weighted by molar-refractivity contribution is 6.46. The summed E-state index contributed by atoms with van der Waals surface area (Å²) in [7, 11) is 4.48. The third-order valence-electron chi connectivity index (χ3n) is 5.96. The summed E-state index contributed by atoms with van der Waals surface area (Å²) in [5.74, 6) is -0.505. The number of ether oxygens (including phenoxy) is 3. The molecule has 182 valence electrons. The molecule has 1 fully saturated rings. The molecule has 9 heteroatoms. The van der Waals surface area contributed by atoms with E-state index in [0.717, 1.165) is 0 Å². The van der Waals surface area contributed by atoms with Crippen molar-refractivity contribution in [1.29, 1.82) is 0 Å². The van der Waals surface area contributed by atoms with Gasteiger partial charge in [0.15, 0.2) is 11.5 Å². The highest BCUT2D eigenvalue weighted by atomic mass is 16.5. The van der Waals surface area contributed by atoms with Gasteiger partial charge in [0.1, 0.15) is 5.76 Å². The zero-order chi connectivity index (χ0) is 24.9. The van der Waals surface area contributed by atoms with Crippen LogP contribution in [0.3, 0.4) is 0 Å². The maximum atomic E-state index is 13.2. The van der Waals surface area contributed by atoms with Gasteiger partial charge in [0, 0.05) is 31.0 Å². The Labute approximate surface area is 203 Å². The number of hydrogen-bond acceptors (Lipinski definition) is 7. The van der Waals surface area contributed by atoms with Gasteiger partial charge in [-0.15, -0.1) is 0 Å². The lowest BCUT2D eigenvalue weighted by Gasteiger charge is -2.26. The molecule has 1 aliphatic rings. The zero-order valence-electron chi connectivity index (χ0n) is 19.8. The van der Waals surface area contributed by atoms with Crippen LogP contribution in [0.25, 0.3) is 5.76 Å². The fourth-order valence-corrected chi connectivity index (χ4v) is 4.31. The number of hydrogen-bond donors (Lipinski definition) is 1. The van der Waals surface area contributed by atoms with Crippen LogP contribution in [0.5, 0.6) is 17.2 Å². The van der Waals surface area contributed by atoms with Crippen LogP contribution in [0.4, 0.5) is 0 Å². The minimum Gasteiger partial charge on any atom is -0.507 e. The smallest absolute Gasteiger partial charge is 0.295 e. The molecule has 3 aromatic rings. The molecule has 0 spiro atoms. The molecule has 2 heterocycles. The maximum absolute atomic E-state index is 13.2. The van der Waals surface area contributed by atoms with Crippen molar-refractivity contribution in [1.82, 2.24) is 14.5 Å². The number of rotatable bonds is 9. The molecule has 1 aromatic heterocycles. The number of aryl methyl sites for hydroxylation is 1. The van der Waals surface area contributed by atoms with Crippen LogP contribution in [0.2, 0.25) is 0 Å². The number of nitrogens with zero attached hydrogens (tertiary/aromatic N) is 3. The van der Waals surface area contributed by atoms with E-state index in [0.29, 0.717) is 41.3 Å². The average Bonchev–Trinajstić information content (AvgIpc) is 3.50. The standard InChI is InChI=1S/C26H27N3O6/c1-33-19-14-18(15-20(34-2)25(19)35-3)22-21(23(30)17-8-5-4-6-9-17)24(31)26(32)29(22)12-7-11-28-13-10-27-16-28/h4-6,8-10,13-16,22,30H,7,11-12H2,1-3H3/b23-21+/t22-/m0/s1. The summed E-state index contributed by atoms with van der Waals surface area (Å²) >= 11 is 0. The highest BCUT2D eigenvalue weighted by Gasteiger charge is 2.46. The first kappa shape index (κ1) is 23.9. The number of imidazole rings is 1. The molecule has 2 aromatic carbocycles. The zero-order valence-corrected chi connectivity index (χ0v) is 19.8. The number of benzene rings is 2. The number of carbonyl (C=O) groups is 2. The summed E-state index contributed by atoms with van der Waals surface area (Å²) in [5, 5.41) is 11.2. The van der Waals surface area contributed by atoms with Crippen LogP contribution < -0.4 is 14.2 Å². The van der Waals surface area contributed by atoms with E-state index in [2.05, 4.69) is 4.98 Å². The predicted molar refractivity (Wildman–Crippen MR) is 128 cm³/mol. The average molecular weight is 478 g/mol. The lowest BCUT2D eigenvalue weighted by atomic mass is 9.94. The van der Waals surface area contributed by atoms with Crippen molar-refractivity contribution in [2.24, 2.45) is 0 Å². The molecule has 9 nitrogen and oxygen atoms in total. The molecule has 0 bridgehead atoms. The monoisotopic (exact) mass is 477 g/mol. The quantitative estimate of drug-likeness (QED) is 0.286. The van der Waals surface area contributed by atoms with Crippen molar-refractivity contribution in [2.75, 3.05) is 27.9 Å². The number of ketones is 1. The normalized spacial score (nSPS) is 17.0. The molecule has 1 amide bonds. The van der Waals surface area contributed by atoms with Crippen LogP contribution >= 0.6 is 0 Å². The van der Waals surface area contributed by atoms with Crippen molar-refractivity contribution >= 4 is 17.4 Å². The summed E-state index contributed by atoms with van der Waals surface area (Å²) in [6, 6.07) is 11.2. The molecule has 0 unspecified atom stereocenters. The number of aliphatic hydroxyl groups excluding tert-OH is 1. The number of methoxy groups -OCH3 is 3. The van der Waals surface area contributed by atoms with Crippen molar-refractivity contribution in [2.45, 2.75) is 19.0 Å². The summed E-state index contributed by atoms with van der Waals surface area (Å²) < 4.78 is 18.3. The minimum atomic E-state index is -0.841. The summed E-state index contributed by atoms with van der Waals surface area (Å²) in [6.07, 6.45) is 5.79. The second-order valence-corrected chi connectivity index (χ2v) is 7.97. The summed E-state index contributed by atoms with van der Waals surface area (Å²) in [5.41, 5.74) is 1.01. The molecular weight excluding hydrogens is 450 g/mol. The highest BCUT2D eigenvalue weighted by Crippen LogP contribution is 2.45. The molecule has 1 atom stereocenters. The number of carbonyl (C=O) groups excluding carboxylic acids is 2. The van der Waals surface area contributed by atoms with Crippen molar-refractivity contribution in [3.05, 3.63) is 77.9 Å². The van der Waals surface area contributed by atoms with Gasteiger partial charge in [-0.1, -0.05) is 30.3 Å². The SMILES string of the molecule is COc1cc([C@H]2/C(=C(\O)c3ccccc3)C(=O)C(=O)N2CCCn2ccnc2)cc(OC)c1OC. The number of aromatic nitrogens is 2. The van der Waals surface area contributed by atoms with Gasteiger partial charge in [-0.3, -0.25) is 9.59 Å². The van der Waals surface area contributed by atoms with E-state index in [9.17, 15) is 14.7 Å². The predicted octanol–water partition coefficient (Wildman–Crippen LogP) is 3.42. The molecule has 1 N–H and O–H groups in total. The first-order chi connectivity index (χ1) is 17.0. The number of aliphatic hydroxyl groups is 1. The number of Topliss-reactive ketones (excluding diaryl/α,β-unsaturated/α-hetero) is 1. The Bertz CT molecular complexity index is 1210. The Balaban J connectivity index is 1.82. The summed E-state index contributed by atoms with van der Waals surface area (Å²) in [6.45, 7) is 0.902. The van der Waals surface area contributed by atoms with E-state index in [1.165, 1.54) is 26.2 Å². The van der Waals surface area contributed by atoms with Gasteiger partial charge < -0.3 is 28.8 Å². The third kappa shape index (κ3) is 4.57. The van der Waals surface area contributed by atoms with Gasteiger partial charge in [-0.05, 0) is 24.1 Å². The van der Waals surface area contributed by atoms with E-state index >= 15 is 0 Å². The Kier molecular flexibility index (Phi) is 7.05. The topological polar surface area (TPSA) is 103 Å². The molecule has 4 rings (SSSR count). The van der Waals surface area contributed by atoms with Crippen LogP contribution in [0, 0.1) is 0 Å². The first-order valence-corrected chi connectivity index (χ1v) is 11.1. The van der Waals surface area contributed by atoms with Crippen LogP contribution in [0.15, 0.2) is 66.8 Å². The molecule has 0 radical (unpaired) electrons. The second-order valence-electron chi connectivity index (χ2n) is 7.97. The third-order valence-corrected chi connectivity index (χ3v) is 5.96. The number of likely N-dealkylation sites (tertiary alicyclic amines) is 1. The number of amides is 1. The van der Waals surface area contributed by atoms with Crippen molar-refractivity contribution in [3.63, 3.8) is 0 Å². The Morgan fingerprint density at radius 3 is 2.26 bits per heavy atom. The van der Waals surface area contributed by atoms with Gasteiger partial charge in [-0.2, -0.15) is 0 Å². The summed E-state index contributed by atoms with van der Waals surface area (Å²) in [4.78, 5) is 31.9. The lowest BCUT2D eigenvalue weighted by molar-refractivity contribution is -0.139. The Hall–Kier alpha value is -4.27. The largest absolute Gasteiger partial charge is 0.507 e. The van der Waals surface area contributed by atoms with E-state index in [1.54, 1.807) is 48.9 Å². The Morgan fingerprint density at radius 1 is 1.00 bits per heavy atom. The van der Waals surface area contributed by atoms with E-state index in [4.69, 9.17) is 14.2 Å². The van der Waals surface area contributed by atoms with Gasteiger partial charge in [-0.25, -0.2) is 4.98 Å². The molecule has 35 heavy (non-hydrogen) atoms. The van der Waals surface area contributed by atoms with E-state index in [-0.39, 0.29) is 17.9 Å².